The number of benzene rings is 2. The van der Waals surface area contributed by atoms with Gasteiger partial charge in [-0.3, -0.25) is 4.79 Å². The molecule has 1 saturated heterocycles. The van der Waals surface area contributed by atoms with Gasteiger partial charge in [-0.05, 0) is 49.1 Å². The first-order chi connectivity index (χ1) is 12.6. The molecule has 0 saturated carbocycles. The van der Waals surface area contributed by atoms with Crippen LogP contribution in [0.1, 0.15) is 49.0 Å². The number of amides is 1. The van der Waals surface area contributed by atoms with Gasteiger partial charge >= 0.3 is 0 Å². The molecule has 0 aliphatic carbocycles. The summed E-state index contributed by atoms with van der Waals surface area (Å²) in [6, 6.07) is 16.4. The second-order valence-corrected chi connectivity index (χ2v) is 8.68. The number of nitrogens with zero attached hydrogens (tertiary/aromatic N) is 1. The lowest BCUT2D eigenvalue weighted by Gasteiger charge is -2.28. The van der Waals surface area contributed by atoms with Crippen LogP contribution in [0, 0.1) is 0 Å². The first-order valence-corrected chi connectivity index (χ1v) is 10.4. The maximum atomic E-state index is 12.6. The fraction of sp³-hybridized carbons (Fsp3) is 0.409. The van der Waals surface area contributed by atoms with E-state index in [2.05, 4.69) is 48.3 Å². The third-order valence-electron chi connectivity index (χ3n) is 4.60. The summed E-state index contributed by atoms with van der Waals surface area (Å²) in [7, 11) is 0. The SMILES string of the molecule is CC(C)Sc1ccccc1C(=O)NCc1ccc(N2CCCCC2)cc1. The summed E-state index contributed by atoms with van der Waals surface area (Å²) >= 11 is 1.73. The Labute approximate surface area is 161 Å². The number of carbonyl (C=O) groups excluding carboxylic acids is 1. The van der Waals surface area contributed by atoms with Crippen molar-refractivity contribution in [3.63, 3.8) is 0 Å². The average molecular weight is 369 g/mol. The summed E-state index contributed by atoms with van der Waals surface area (Å²) in [5.74, 6) is -0.00569. The number of nitrogens with one attached hydrogen (secondary N) is 1. The molecule has 0 bridgehead atoms. The van der Waals surface area contributed by atoms with Gasteiger partial charge < -0.3 is 10.2 Å². The molecule has 0 radical (unpaired) electrons. The molecule has 1 fully saturated rings. The van der Waals surface area contributed by atoms with Gasteiger partial charge in [0.1, 0.15) is 0 Å². The molecule has 4 heteroatoms. The highest BCUT2D eigenvalue weighted by molar-refractivity contribution is 8.00. The van der Waals surface area contributed by atoms with Crippen LogP contribution < -0.4 is 10.2 Å². The normalized spacial score (nSPS) is 14.5. The molecule has 2 aromatic carbocycles. The van der Waals surface area contributed by atoms with E-state index >= 15 is 0 Å². The van der Waals surface area contributed by atoms with Crippen molar-refractivity contribution in [1.29, 1.82) is 0 Å². The molecule has 1 aliphatic heterocycles. The minimum absolute atomic E-state index is 0.00569. The number of carbonyl (C=O) groups is 1. The van der Waals surface area contributed by atoms with Crippen molar-refractivity contribution in [2.75, 3.05) is 18.0 Å². The molecule has 0 spiro atoms. The van der Waals surface area contributed by atoms with Crippen molar-refractivity contribution in [1.82, 2.24) is 5.32 Å². The van der Waals surface area contributed by atoms with E-state index in [1.807, 2.05) is 24.3 Å². The number of hydrogen-bond donors (Lipinski definition) is 1. The molecule has 1 heterocycles. The predicted molar refractivity (Wildman–Crippen MR) is 111 cm³/mol. The molecule has 1 amide bonds. The number of thioether (sulfide) groups is 1. The standard InChI is InChI=1S/C22H28N2OS/c1-17(2)26-21-9-5-4-8-20(21)22(25)23-16-18-10-12-19(13-11-18)24-14-6-3-7-15-24/h4-5,8-13,17H,3,6-7,14-16H2,1-2H3,(H,23,25). The minimum atomic E-state index is -0.00569. The quantitative estimate of drug-likeness (QED) is 0.719. The summed E-state index contributed by atoms with van der Waals surface area (Å²) in [5.41, 5.74) is 3.18. The molecule has 1 aliphatic rings. The van der Waals surface area contributed by atoms with E-state index in [1.54, 1.807) is 11.8 Å². The van der Waals surface area contributed by atoms with Gasteiger partial charge in [0.25, 0.3) is 5.91 Å². The van der Waals surface area contributed by atoms with E-state index in [9.17, 15) is 4.79 Å². The molecule has 26 heavy (non-hydrogen) atoms. The minimum Gasteiger partial charge on any atom is -0.372 e. The van der Waals surface area contributed by atoms with Gasteiger partial charge in [-0.2, -0.15) is 0 Å². The van der Waals surface area contributed by atoms with Crippen LogP contribution in [0.5, 0.6) is 0 Å². The lowest BCUT2D eigenvalue weighted by Crippen LogP contribution is -2.29. The molecule has 138 valence electrons. The Bertz CT molecular complexity index is 721. The predicted octanol–water partition coefficient (Wildman–Crippen LogP) is 5.11. The Balaban J connectivity index is 1.59. The smallest absolute Gasteiger partial charge is 0.252 e. The van der Waals surface area contributed by atoms with Crippen molar-refractivity contribution in [2.24, 2.45) is 0 Å². The van der Waals surface area contributed by atoms with E-state index in [0.29, 0.717) is 11.8 Å². The summed E-state index contributed by atoms with van der Waals surface area (Å²) in [6.07, 6.45) is 3.91. The summed E-state index contributed by atoms with van der Waals surface area (Å²) < 4.78 is 0. The zero-order valence-electron chi connectivity index (χ0n) is 15.7. The average Bonchev–Trinajstić information content (AvgIpc) is 2.67. The largest absolute Gasteiger partial charge is 0.372 e. The Morgan fingerprint density at radius 1 is 1.04 bits per heavy atom. The van der Waals surface area contributed by atoms with Crippen LogP contribution in [0.2, 0.25) is 0 Å². The third-order valence-corrected chi connectivity index (χ3v) is 5.69. The fourth-order valence-corrected chi connectivity index (χ4v) is 4.22. The zero-order chi connectivity index (χ0) is 18.4. The van der Waals surface area contributed by atoms with Crippen LogP contribution in [0.3, 0.4) is 0 Å². The third kappa shape index (κ3) is 5.04. The van der Waals surface area contributed by atoms with E-state index in [1.165, 1.54) is 24.9 Å². The van der Waals surface area contributed by atoms with Crippen LogP contribution >= 0.6 is 11.8 Å². The van der Waals surface area contributed by atoms with Gasteiger partial charge in [0.15, 0.2) is 0 Å². The molecule has 1 N–H and O–H groups in total. The van der Waals surface area contributed by atoms with Crippen LogP contribution in [0.25, 0.3) is 0 Å². The maximum Gasteiger partial charge on any atom is 0.252 e. The Hall–Kier alpha value is -1.94. The number of rotatable bonds is 6. The Kier molecular flexibility index (Phi) is 6.62. The lowest BCUT2D eigenvalue weighted by molar-refractivity contribution is 0.0948. The first-order valence-electron chi connectivity index (χ1n) is 9.51. The van der Waals surface area contributed by atoms with Gasteiger partial charge in [-0.15, -0.1) is 11.8 Å². The summed E-state index contributed by atoms with van der Waals surface area (Å²) in [5, 5.41) is 3.51. The monoisotopic (exact) mass is 368 g/mol. The number of hydrogen-bond acceptors (Lipinski definition) is 3. The van der Waals surface area contributed by atoms with E-state index in [4.69, 9.17) is 0 Å². The van der Waals surface area contributed by atoms with Crippen molar-refractivity contribution in [3.05, 3.63) is 59.7 Å². The molecule has 3 rings (SSSR count). The van der Waals surface area contributed by atoms with Gasteiger partial charge in [-0.25, -0.2) is 0 Å². The maximum absolute atomic E-state index is 12.6. The van der Waals surface area contributed by atoms with Crippen molar-refractivity contribution in [3.8, 4) is 0 Å². The topological polar surface area (TPSA) is 32.3 Å². The highest BCUT2D eigenvalue weighted by Crippen LogP contribution is 2.26. The van der Waals surface area contributed by atoms with Crippen molar-refractivity contribution < 1.29 is 4.79 Å². The highest BCUT2D eigenvalue weighted by Gasteiger charge is 2.13. The second-order valence-electron chi connectivity index (χ2n) is 7.06. The van der Waals surface area contributed by atoms with Crippen molar-refractivity contribution in [2.45, 2.75) is 49.8 Å². The number of piperidine rings is 1. The molecule has 0 atom stereocenters. The first kappa shape index (κ1) is 18.8. The van der Waals surface area contributed by atoms with Crippen LogP contribution in [-0.2, 0) is 6.54 Å². The van der Waals surface area contributed by atoms with Crippen LogP contribution in [-0.4, -0.2) is 24.2 Å². The lowest BCUT2D eigenvalue weighted by atomic mass is 10.1. The Morgan fingerprint density at radius 3 is 2.42 bits per heavy atom. The molecule has 3 nitrogen and oxygen atoms in total. The molecular formula is C22H28N2OS. The van der Waals surface area contributed by atoms with Crippen molar-refractivity contribution >= 4 is 23.4 Å². The van der Waals surface area contributed by atoms with Gasteiger partial charge in [-0.1, -0.05) is 38.1 Å². The number of anilines is 1. The summed E-state index contributed by atoms with van der Waals surface area (Å²) in [6.45, 7) is 7.15. The van der Waals surface area contributed by atoms with E-state index in [-0.39, 0.29) is 5.91 Å². The molecular weight excluding hydrogens is 340 g/mol. The van der Waals surface area contributed by atoms with Crippen LogP contribution in [0.4, 0.5) is 5.69 Å². The molecule has 0 unspecified atom stereocenters. The zero-order valence-corrected chi connectivity index (χ0v) is 16.5. The molecule has 2 aromatic rings. The highest BCUT2D eigenvalue weighted by atomic mass is 32.2. The van der Waals surface area contributed by atoms with Crippen LogP contribution in [0.15, 0.2) is 53.4 Å². The summed E-state index contributed by atoms with van der Waals surface area (Å²) in [4.78, 5) is 16.1. The fourth-order valence-electron chi connectivity index (χ4n) is 3.27. The molecule has 0 aromatic heterocycles. The van der Waals surface area contributed by atoms with E-state index < -0.39 is 0 Å². The second kappa shape index (κ2) is 9.13. The van der Waals surface area contributed by atoms with Gasteiger partial charge in [0.2, 0.25) is 0 Å². The van der Waals surface area contributed by atoms with Gasteiger partial charge in [0.05, 0.1) is 5.56 Å². The van der Waals surface area contributed by atoms with E-state index in [0.717, 1.165) is 29.1 Å². The van der Waals surface area contributed by atoms with Gasteiger partial charge in [0, 0.05) is 35.5 Å². The Morgan fingerprint density at radius 2 is 1.73 bits per heavy atom.